The fraction of sp³-hybridized carbons (Fsp3) is 0.500. The molecule has 1 heterocycles. The molecule has 10 heteroatoms. The third-order valence-corrected chi connectivity index (χ3v) is 5.56. The van der Waals surface area contributed by atoms with Gasteiger partial charge in [-0.25, -0.2) is 18.1 Å². The van der Waals surface area contributed by atoms with Crippen LogP contribution in [-0.4, -0.2) is 51.9 Å². The van der Waals surface area contributed by atoms with Crippen molar-refractivity contribution >= 4 is 33.2 Å². The van der Waals surface area contributed by atoms with Crippen LogP contribution in [0.5, 0.6) is 0 Å². The maximum atomic E-state index is 12.2. The zero-order valence-corrected chi connectivity index (χ0v) is 17.1. The van der Waals surface area contributed by atoms with Crippen LogP contribution in [0.1, 0.15) is 19.4 Å². The molecule has 0 fully saturated rings. The first-order valence-corrected chi connectivity index (χ1v) is 10.6. The average molecular weight is 421 g/mol. The summed E-state index contributed by atoms with van der Waals surface area (Å²) < 4.78 is 27.2. The van der Waals surface area contributed by atoms with Crippen molar-refractivity contribution in [2.75, 3.05) is 19.3 Å². The summed E-state index contributed by atoms with van der Waals surface area (Å²) in [6.07, 6.45) is 3.91. The summed E-state index contributed by atoms with van der Waals surface area (Å²) in [4.78, 5) is 3.87. The maximum absolute atomic E-state index is 12.2. The minimum atomic E-state index is -3.54. The van der Waals surface area contributed by atoms with Gasteiger partial charge >= 0.3 is 0 Å². The summed E-state index contributed by atoms with van der Waals surface area (Å²) in [5.74, 6) is 0.0843. The zero-order valence-electron chi connectivity index (χ0n) is 14.8. The largest absolute Gasteiger partial charge is 0.382 e. The number of benzene rings is 1. The van der Waals surface area contributed by atoms with Crippen LogP contribution in [0.25, 0.3) is 0 Å². The Morgan fingerprint density at radius 2 is 2.04 bits per heavy atom. The van der Waals surface area contributed by atoms with Gasteiger partial charge in [0.2, 0.25) is 10.0 Å². The summed E-state index contributed by atoms with van der Waals surface area (Å²) in [5.41, 5.74) is -1.25. The molecule has 0 saturated heterocycles. The third-order valence-electron chi connectivity index (χ3n) is 3.80. The number of aromatic nitrogens is 3. The molecule has 0 amide bonds. The third kappa shape index (κ3) is 5.40. The van der Waals surface area contributed by atoms with Crippen molar-refractivity contribution in [1.82, 2.24) is 19.1 Å². The second-order valence-corrected chi connectivity index (χ2v) is 9.52. The van der Waals surface area contributed by atoms with Crippen LogP contribution in [0, 0.1) is 5.92 Å². The lowest BCUT2D eigenvalue weighted by atomic mass is 9.93. The minimum Gasteiger partial charge on any atom is -0.382 e. The fourth-order valence-corrected chi connectivity index (χ4v) is 4.29. The first-order chi connectivity index (χ1) is 12.0. The van der Waals surface area contributed by atoms with Crippen LogP contribution in [-0.2, 0) is 22.2 Å². The second kappa shape index (κ2) is 8.22. The molecule has 2 rings (SSSR count). The van der Waals surface area contributed by atoms with Crippen molar-refractivity contribution in [3.05, 3.63) is 46.5 Å². The summed E-state index contributed by atoms with van der Waals surface area (Å²) in [5, 5.41) is 16.1. The lowest BCUT2D eigenvalue weighted by Gasteiger charge is -2.34. The molecule has 1 aromatic heterocycles. The standard InChI is InChI=1S/C16H22Cl2N4O3S/c1-12(2)7-22(26(3,24)25)9-16(23,8-21-11-19-10-20-21)14-5-4-13(17)6-15(14)18/h4-6,10-12,23H,7-9H2,1-3H3. The molecular formula is C16H22Cl2N4O3S. The van der Waals surface area contributed by atoms with Gasteiger partial charge in [0.1, 0.15) is 18.3 Å². The van der Waals surface area contributed by atoms with Gasteiger partial charge in [0.25, 0.3) is 0 Å². The van der Waals surface area contributed by atoms with Crippen molar-refractivity contribution in [2.45, 2.75) is 26.0 Å². The van der Waals surface area contributed by atoms with E-state index in [2.05, 4.69) is 10.1 Å². The Labute approximate surface area is 163 Å². The van der Waals surface area contributed by atoms with Crippen LogP contribution in [0.15, 0.2) is 30.9 Å². The molecule has 1 atom stereocenters. The van der Waals surface area contributed by atoms with E-state index < -0.39 is 15.6 Å². The summed E-state index contributed by atoms with van der Waals surface area (Å²) in [6.45, 7) is 3.89. The number of sulfonamides is 1. The Hall–Kier alpha value is -1.19. The number of halogens is 2. The molecule has 0 aliphatic rings. The number of aliphatic hydroxyl groups is 1. The molecule has 0 aliphatic heterocycles. The Balaban J connectivity index is 2.48. The molecule has 1 N–H and O–H groups in total. The topological polar surface area (TPSA) is 88.3 Å². The molecule has 2 aromatic rings. The number of hydrogen-bond acceptors (Lipinski definition) is 5. The van der Waals surface area contributed by atoms with Gasteiger partial charge in [-0.15, -0.1) is 0 Å². The van der Waals surface area contributed by atoms with Crippen LogP contribution in [0.4, 0.5) is 0 Å². The van der Waals surface area contributed by atoms with Gasteiger partial charge < -0.3 is 5.11 Å². The van der Waals surface area contributed by atoms with Crippen LogP contribution in [0.3, 0.4) is 0 Å². The Kier molecular flexibility index (Phi) is 6.68. The highest BCUT2D eigenvalue weighted by molar-refractivity contribution is 7.88. The molecular weight excluding hydrogens is 399 g/mol. The molecule has 144 valence electrons. The van der Waals surface area contributed by atoms with E-state index in [1.54, 1.807) is 12.1 Å². The Morgan fingerprint density at radius 3 is 2.54 bits per heavy atom. The van der Waals surface area contributed by atoms with Gasteiger partial charge in [-0.05, 0) is 18.1 Å². The highest BCUT2D eigenvalue weighted by Crippen LogP contribution is 2.33. The minimum absolute atomic E-state index is 0.0154. The molecule has 0 radical (unpaired) electrons. The van der Waals surface area contributed by atoms with Crippen LogP contribution in [0.2, 0.25) is 10.0 Å². The van der Waals surface area contributed by atoms with Gasteiger partial charge in [-0.1, -0.05) is 43.1 Å². The van der Waals surface area contributed by atoms with E-state index in [0.717, 1.165) is 6.26 Å². The molecule has 0 saturated carbocycles. The first kappa shape index (κ1) is 21.1. The van der Waals surface area contributed by atoms with Crippen molar-refractivity contribution in [3.8, 4) is 0 Å². The van der Waals surface area contributed by atoms with E-state index in [1.165, 1.54) is 27.7 Å². The molecule has 0 aliphatic carbocycles. The first-order valence-electron chi connectivity index (χ1n) is 7.97. The summed E-state index contributed by atoms with van der Waals surface area (Å²) >= 11 is 12.3. The SMILES string of the molecule is CC(C)CN(CC(O)(Cn1cncn1)c1ccc(Cl)cc1Cl)S(C)(=O)=O. The van der Waals surface area contributed by atoms with Crippen molar-refractivity contribution in [1.29, 1.82) is 0 Å². The molecule has 0 spiro atoms. The molecule has 0 bridgehead atoms. The molecule has 1 unspecified atom stereocenters. The van der Waals surface area contributed by atoms with E-state index in [0.29, 0.717) is 10.6 Å². The van der Waals surface area contributed by atoms with Gasteiger partial charge in [0.05, 0.1) is 12.8 Å². The predicted molar refractivity (Wildman–Crippen MR) is 102 cm³/mol. The number of hydrogen-bond donors (Lipinski definition) is 1. The van der Waals surface area contributed by atoms with E-state index in [9.17, 15) is 13.5 Å². The van der Waals surface area contributed by atoms with Gasteiger partial charge in [-0.3, -0.25) is 0 Å². The zero-order chi connectivity index (χ0) is 19.5. The molecule has 7 nitrogen and oxygen atoms in total. The molecule has 26 heavy (non-hydrogen) atoms. The second-order valence-electron chi connectivity index (χ2n) is 6.70. The Morgan fingerprint density at radius 1 is 1.35 bits per heavy atom. The highest BCUT2D eigenvalue weighted by atomic mass is 35.5. The maximum Gasteiger partial charge on any atom is 0.211 e. The van der Waals surface area contributed by atoms with Crippen LogP contribution >= 0.6 is 23.2 Å². The van der Waals surface area contributed by atoms with Crippen molar-refractivity contribution < 1.29 is 13.5 Å². The predicted octanol–water partition coefficient (Wildman–Crippen LogP) is 2.39. The Bertz CT molecular complexity index is 843. The van der Waals surface area contributed by atoms with E-state index in [4.69, 9.17) is 23.2 Å². The monoisotopic (exact) mass is 420 g/mol. The lowest BCUT2D eigenvalue weighted by molar-refractivity contribution is -0.00273. The fourth-order valence-electron chi connectivity index (χ4n) is 2.69. The smallest absolute Gasteiger partial charge is 0.211 e. The van der Waals surface area contributed by atoms with Crippen molar-refractivity contribution in [3.63, 3.8) is 0 Å². The normalized spacial score (nSPS) is 14.8. The van der Waals surface area contributed by atoms with E-state index >= 15 is 0 Å². The van der Waals surface area contributed by atoms with E-state index in [-0.39, 0.29) is 30.6 Å². The molecule has 1 aromatic carbocycles. The van der Waals surface area contributed by atoms with Gasteiger partial charge in [0, 0.05) is 28.7 Å². The number of rotatable bonds is 8. The lowest BCUT2D eigenvalue weighted by Crippen LogP contribution is -2.47. The van der Waals surface area contributed by atoms with E-state index in [1.807, 2.05) is 13.8 Å². The van der Waals surface area contributed by atoms with Gasteiger partial charge in [0.15, 0.2) is 0 Å². The quantitative estimate of drug-likeness (QED) is 0.707. The summed E-state index contributed by atoms with van der Waals surface area (Å²) in [7, 11) is -3.54. The van der Waals surface area contributed by atoms with Crippen LogP contribution < -0.4 is 0 Å². The van der Waals surface area contributed by atoms with Gasteiger partial charge in [-0.2, -0.15) is 9.40 Å². The average Bonchev–Trinajstić information content (AvgIpc) is 2.97. The van der Waals surface area contributed by atoms with Crippen molar-refractivity contribution in [2.24, 2.45) is 5.92 Å². The highest BCUT2D eigenvalue weighted by Gasteiger charge is 2.37. The summed E-state index contributed by atoms with van der Waals surface area (Å²) in [6, 6.07) is 4.71. The number of nitrogens with zero attached hydrogens (tertiary/aromatic N) is 4.